The lowest BCUT2D eigenvalue weighted by molar-refractivity contribution is -0.130. The van der Waals surface area contributed by atoms with Crippen molar-refractivity contribution < 1.29 is 9.00 Å². The van der Waals surface area contributed by atoms with Crippen LogP contribution in [-0.4, -0.2) is 45.3 Å². The number of hydrogen-bond donors (Lipinski definition) is 1. The highest BCUT2D eigenvalue weighted by atomic mass is 32.2. The van der Waals surface area contributed by atoms with Crippen LogP contribution >= 0.6 is 0 Å². The van der Waals surface area contributed by atoms with Crippen LogP contribution in [0.3, 0.4) is 0 Å². The third-order valence-corrected chi connectivity index (χ3v) is 5.42. The van der Waals surface area contributed by atoms with Gasteiger partial charge in [-0.05, 0) is 25.7 Å². The Morgan fingerprint density at radius 1 is 1.39 bits per heavy atom. The van der Waals surface area contributed by atoms with Crippen LogP contribution in [0.25, 0.3) is 0 Å². The molecule has 1 heterocycles. The van der Waals surface area contributed by atoms with Crippen LogP contribution in [-0.2, 0) is 15.6 Å². The molecule has 5 heteroatoms. The summed E-state index contributed by atoms with van der Waals surface area (Å²) in [5.41, 5.74) is 0. The quantitative estimate of drug-likeness (QED) is 0.815. The highest BCUT2D eigenvalue weighted by molar-refractivity contribution is 7.84. The molecule has 1 saturated carbocycles. The molecule has 0 radical (unpaired) electrons. The molecular weight excluding hydrogens is 248 g/mol. The first kappa shape index (κ1) is 14.0. The van der Waals surface area contributed by atoms with Crippen molar-refractivity contribution in [2.45, 2.75) is 51.7 Å². The van der Waals surface area contributed by atoms with E-state index < -0.39 is 10.8 Å². The van der Waals surface area contributed by atoms with E-state index in [0.29, 0.717) is 24.0 Å². The molecule has 2 rings (SSSR count). The standard InChI is InChI=1S/C13H24N2O2S/c1-3-18(17)9-8-15-12(11-6-4-5-7-11)14-10(2)13(15)16/h10-12,14H,3-9H2,1-2H3. The maximum absolute atomic E-state index is 12.1. The zero-order chi connectivity index (χ0) is 13.1. The number of amides is 1. The van der Waals surface area contributed by atoms with E-state index >= 15 is 0 Å². The Labute approximate surface area is 112 Å². The Morgan fingerprint density at radius 2 is 2.06 bits per heavy atom. The minimum atomic E-state index is -0.787. The summed E-state index contributed by atoms with van der Waals surface area (Å²) in [6.45, 7) is 4.50. The Morgan fingerprint density at radius 3 is 2.67 bits per heavy atom. The maximum atomic E-state index is 12.1. The molecule has 0 aromatic carbocycles. The van der Waals surface area contributed by atoms with Crippen molar-refractivity contribution in [2.24, 2.45) is 5.92 Å². The van der Waals surface area contributed by atoms with Gasteiger partial charge in [-0.3, -0.25) is 14.3 Å². The lowest BCUT2D eigenvalue weighted by atomic mass is 10.0. The lowest BCUT2D eigenvalue weighted by Gasteiger charge is -2.28. The highest BCUT2D eigenvalue weighted by Gasteiger charge is 2.40. The predicted molar refractivity (Wildman–Crippen MR) is 73.6 cm³/mol. The molecule has 1 amide bonds. The molecule has 1 saturated heterocycles. The molecule has 0 aromatic rings. The van der Waals surface area contributed by atoms with E-state index in [9.17, 15) is 9.00 Å². The van der Waals surface area contributed by atoms with Gasteiger partial charge in [-0.2, -0.15) is 0 Å². The average Bonchev–Trinajstić information content (AvgIpc) is 2.97. The van der Waals surface area contributed by atoms with Gasteiger partial charge in [-0.1, -0.05) is 19.8 Å². The highest BCUT2D eigenvalue weighted by Crippen LogP contribution is 2.31. The van der Waals surface area contributed by atoms with E-state index in [-0.39, 0.29) is 18.1 Å². The minimum absolute atomic E-state index is 0.0781. The van der Waals surface area contributed by atoms with Gasteiger partial charge < -0.3 is 4.90 Å². The summed E-state index contributed by atoms with van der Waals surface area (Å²) < 4.78 is 11.5. The molecule has 0 aromatic heterocycles. The summed E-state index contributed by atoms with van der Waals surface area (Å²) in [6, 6.07) is -0.0781. The van der Waals surface area contributed by atoms with Crippen molar-refractivity contribution in [3.05, 3.63) is 0 Å². The molecule has 104 valence electrons. The number of carbonyl (C=O) groups is 1. The van der Waals surface area contributed by atoms with Crippen LogP contribution in [0.15, 0.2) is 0 Å². The van der Waals surface area contributed by atoms with Crippen molar-refractivity contribution in [3.8, 4) is 0 Å². The summed E-state index contributed by atoms with van der Waals surface area (Å²) in [4.78, 5) is 14.1. The Kier molecular flexibility index (Phi) is 4.78. The number of rotatable bonds is 5. The molecular formula is C13H24N2O2S. The molecule has 0 spiro atoms. The SMILES string of the molecule is CCS(=O)CCN1C(=O)C(C)NC1C1CCCC1. The first-order valence-electron chi connectivity index (χ1n) is 7.05. The third-order valence-electron chi connectivity index (χ3n) is 4.14. The summed E-state index contributed by atoms with van der Waals surface area (Å²) in [5.74, 6) is 2.06. The summed E-state index contributed by atoms with van der Waals surface area (Å²) in [6.07, 6.45) is 5.17. The molecule has 1 N–H and O–H groups in total. The Balaban J connectivity index is 1.98. The molecule has 2 fully saturated rings. The predicted octanol–water partition coefficient (Wildman–Crippen LogP) is 1.09. The molecule has 1 aliphatic heterocycles. The van der Waals surface area contributed by atoms with Gasteiger partial charge in [0.2, 0.25) is 5.91 Å². The summed E-state index contributed by atoms with van der Waals surface area (Å²) in [5, 5.41) is 3.41. The van der Waals surface area contributed by atoms with Gasteiger partial charge in [0.1, 0.15) is 0 Å². The fourth-order valence-corrected chi connectivity index (χ4v) is 3.75. The molecule has 1 aliphatic carbocycles. The number of hydrogen-bond acceptors (Lipinski definition) is 3. The van der Waals surface area contributed by atoms with E-state index in [4.69, 9.17) is 0 Å². The van der Waals surface area contributed by atoms with Crippen LogP contribution in [0.2, 0.25) is 0 Å². The molecule has 0 bridgehead atoms. The minimum Gasteiger partial charge on any atom is -0.325 e. The third kappa shape index (κ3) is 2.94. The summed E-state index contributed by atoms with van der Waals surface area (Å²) in [7, 11) is -0.787. The second kappa shape index (κ2) is 6.15. The van der Waals surface area contributed by atoms with Gasteiger partial charge >= 0.3 is 0 Å². The first-order valence-corrected chi connectivity index (χ1v) is 8.53. The molecule has 3 unspecified atom stereocenters. The normalized spacial score (nSPS) is 31.2. The van der Waals surface area contributed by atoms with Crippen molar-refractivity contribution in [1.82, 2.24) is 10.2 Å². The first-order chi connectivity index (χ1) is 8.63. The van der Waals surface area contributed by atoms with Gasteiger partial charge in [0.05, 0.1) is 12.2 Å². The Hall–Kier alpha value is -0.420. The zero-order valence-corrected chi connectivity index (χ0v) is 12.2. The van der Waals surface area contributed by atoms with Crippen LogP contribution in [0, 0.1) is 5.92 Å². The monoisotopic (exact) mass is 272 g/mol. The van der Waals surface area contributed by atoms with E-state index in [0.717, 1.165) is 0 Å². The van der Waals surface area contributed by atoms with Crippen LogP contribution in [0.4, 0.5) is 0 Å². The van der Waals surface area contributed by atoms with Crippen LogP contribution in [0.1, 0.15) is 39.5 Å². The van der Waals surface area contributed by atoms with E-state index in [1.165, 1.54) is 25.7 Å². The molecule has 3 atom stereocenters. The van der Waals surface area contributed by atoms with Crippen molar-refractivity contribution in [3.63, 3.8) is 0 Å². The van der Waals surface area contributed by atoms with Gasteiger partial charge in [-0.15, -0.1) is 0 Å². The van der Waals surface area contributed by atoms with Crippen LogP contribution in [0.5, 0.6) is 0 Å². The number of nitrogens with one attached hydrogen (secondary N) is 1. The smallest absolute Gasteiger partial charge is 0.240 e. The number of nitrogens with zero attached hydrogens (tertiary/aromatic N) is 1. The van der Waals surface area contributed by atoms with Gasteiger partial charge in [0.15, 0.2) is 0 Å². The topological polar surface area (TPSA) is 49.4 Å². The van der Waals surface area contributed by atoms with Gasteiger partial charge in [0.25, 0.3) is 0 Å². The van der Waals surface area contributed by atoms with Crippen LogP contribution < -0.4 is 5.32 Å². The molecule has 2 aliphatic rings. The second-order valence-electron chi connectivity index (χ2n) is 5.34. The fourth-order valence-electron chi connectivity index (χ4n) is 3.06. The maximum Gasteiger partial charge on any atom is 0.240 e. The largest absolute Gasteiger partial charge is 0.325 e. The number of carbonyl (C=O) groups excluding carboxylic acids is 1. The van der Waals surface area contributed by atoms with E-state index in [2.05, 4.69) is 5.32 Å². The average molecular weight is 272 g/mol. The van der Waals surface area contributed by atoms with Crippen molar-refractivity contribution in [2.75, 3.05) is 18.1 Å². The van der Waals surface area contributed by atoms with Gasteiger partial charge in [0, 0.05) is 28.9 Å². The molecule has 4 nitrogen and oxygen atoms in total. The van der Waals surface area contributed by atoms with Crippen molar-refractivity contribution >= 4 is 16.7 Å². The summed E-state index contributed by atoms with van der Waals surface area (Å²) >= 11 is 0. The zero-order valence-electron chi connectivity index (χ0n) is 11.4. The fraction of sp³-hybridized carbons (Fsp3) is 0.923. The lowest BCUT2D eigenvalue weighted by Crippen LogP contribution is -2.44. The second-order valence-corrected chi connectivity index (χ2v) is 7.21. The van der Waals surface area contributed by atoms with E-state index in [1.807, 2.05) is 18.7 Å². The van der Waals surface area contributed by atoms with E-state index in [1.54, 1.807) is 0 Å². The molecule has 18 heavy (non-hydrogen) atoms. The Bertz CT molecular complexity index is 329. The van der Waals surface area contributed by atoms with Crippen molar-refractivity contribution in [1.29, 1.82) is 0 Å². The van der Waals surface area contributed by atoms with Gasteiger partial charge in [-0.25, -0.2) is 0 Å².